The molecule has 27 heavy (non-hydrogen) atoms. The quantitative estimate of drug-likeness (QED) is 0.700. The molecule has 1 heterocycles. The predicted molar refractivity (Wildman–Crippen MR) is 101 cm³/mol. The SMILES string of the molecule is COc1ccc(C#Cc2ccc(C(O)c3oc(C)cc(=O)c3O)cc2)cc1. The summed E-state index contributed by atoms with van der Waals surface area (Å²) in [5, 5.41) is 20.3. The van der Waals surface area contributed by atoms with Gasteiger partial charge < -0.3 is 19.4 Å². The number of aliphatic hydroxyl groups excluding tert-OH is 1. The van der Waals surface area contributed by atoms with E-state index in [4.69, 9.17) is 9.15 Å². The molecule has 1 atom stereocenters. The molecule has 2 N–H and O–H groups in total. The number of ether oxygens (including phenoxy) is 1. The van der Waals surface area contributed by atoms with Crippen molar-refractivity contribution in [3.63, 3.8) is 0 Å². The lowest BCUT2D eigenvalue weighted by Gasteiger charge is -2.12. The Morgan fingerprint density at radius 2 is 1.56 bits per heavy atom. The molecule has 0 aliphatic carbocycles. The van der Waals surface area contributed by atoms with Gasteiger partial charge in [-0.1, -0.05) is 24.0 Å². The van der Waals surface area contributed by atoms with Crippen molar-refractivity contribution in [3.05, 3.63) is 93.0 Å². The van der Waals surface area contributed by atoms with Gasteiger partial charge in [-0.05, 0) is 48.9 Å². The summed E-state index contributed by atoms with van der Waals surface area (Å²) in [4.78, 5) is 11.7. The third-order valence-electron chi connectivity index (χ3n) is 3.99. The lowest BCUT2D eigenvalue weighted by molar-refractivity contribution is 0.176. The van der Waals surface area contributed by atoms with Gasteiger partial charge in [-0.3, -0.25) is 4.79 Å². The highest BCUT2D eigenvalue weighted by Crippen LogP contribution is 2.27. The van der Waals surface area contributed by atoms with Crippen molar-refractivity contribution in [3.8, 4) is 23.3 Å². The number of methoxy groups -OCH3 is 1. The zero-order chi connectivity index (χ0) is 19.4. The minimum atomic E-state index is -1.25. The van der Waals surface area contributed by atoms with Gasteiger partial charge in [-0.25, -0.2) is 0 Å². The van der Waals surface area contributed by atoms with Crippen molar-refractivity contribution in [2.24, 2.45) is 0 Å². The van der Waals surface area contributed by atoms with Crippen LogP contribution >= 0.6 is 0 Å². The standard InChI is InChI=1S/C22H18O5/c1-14-13-19(23)21(25)22(27-14)20(24)17-9-5-15(6-10-17)3-4-16-7-11-18(26-2)12-8-16/h5-13,20,24-25H,1-2H3. The van der Waals surface area contributed by atoms with Gasteiger partial charge in [-0.2, -0.15) is 0 Å². The molecule has 0 aliphatic heterocycles. The average Bonchev–Trinajstić information content (AvgIpc) is 2.69. The van der Waals surface area contributed by atoms with Crippen molar-refractivity contribution in [2.75, 3.05) is 7.11 Å². The van der Waals surface area contributed by atoms with Crippen LogP contribution in [0.4, 0.5) is 0 Å². The molecule has 0 amide bonds. The first-order valence-electron chi connectivity index (χ1n) is 8.25. The predicted octanol–water partition coefficient (Wildman–Crippen LogP) is 3.14. The number of aliphatic hydroxyl groups is 1. The fourth-order valence-electron chi connectivity index (χ4n) is 2.53. The maximum atomic E-state index is 11.7. The van der Waals surface area contributed by atoms with Crippen molar-refractivity contribution >= 4 is 0 Å². The number of hydrogen-bond donors (Lipinski definition) is 2. The number of rotatable bonds is 3. The Bertz CT molecular complexity index is 1050. The summed E-state index contributed by atoms with van der Waals surface area (Å²) in [6, 6.07) is 15.4. The fourth-order valence-corrected chi connectivity index (χ4v) is 2.53. The third kappa shape index (κ3) is 4.20. The van der Waals surface area contributed by atoms with Crippen LogP contribution in [0.2, 0.25) is 0 Å². The maximum absolute atomic E-state index is 11.7. The molecule has 3 aromatic rings. The fraction of sp³-hybridized carbons (Fsp3) is 0.136. The van der Waals surface area contributed by atoms with Crippen LogP contribution < -0.4 is 10.2 Å². The first-order chi connectivity index (χ1) is 13.0. The minimum absolute atomic E-state index is 0.169. The smallest absolute Gasteiger partial charge is 0.227 e. The monoisotopic (exact) mass is 362 g/mol. The molecule has 0 fully saturated rings. The van der Waals surface area contributed by atoms with Gasteiger partial charge in [0.2, 0.25) is 11.2 Å². The van der Waals surface area contributed by atoms with E-state index >= 15 is 0 Å². The van der Waals surface area contributed by atoms with Crippen LogP contribution in [-0.4, -0.2) is 17.3 Å². The lowest BCUT2D eigenvalue weighted by atomic mass is 10.0. The van der Waals surface area contributed by atoms with Gasteiger partial charge in [0, 0.05) is 17.2 Å². The maximum Gasteiger partial charge on any atom is 0.227 e. The van der Waals surface area contributed by atoms with E-state index in [-0.39, 0.29) is 5.76 Å². The summed E-state index contributed by atoms with van der Waals surface area (Å²) in [5.41, 5.74) is 1.51. The van der Waals surface area contributed by atoms with Crippen molar-refractivity contribution < 1.29 is 19.4 Å². The number of aromatic hydroxyl groups is 1. The minimum Gasteiger partial charge on any atom is -0.502 e. The Kier molecular flexibility index (Phi) is 5.30. The van der Waals surface area contributed by atoms with Crippen LogP contribution in [0.3, 0.4) is 0 Å². The van der Waals surface area contributed by atoms with Gasteiger partial charge in [0.25, 0.3) is 0 Å². The summed E-state index contributed by atoms with van der Waals surface area (Å²) in [7, 11) is 1.61. The molecule has 3 rings (SSSR count). The van der Waals surface area contributed by atoms with Gasteiger partial charge in [0.15, 0.2) is 5.76 Å². The van der Waals surface area contributed by atoms with E-state index in [1.165, 1.54) is 6.07 Å². The first kappa shape index (κ1) is 18.3. The highest BCUT2D eigenvalue weighted by Gasteiger charge is 2.20. The highest BCUT2D eigenvalue weighted by molar-refractivity contribution is 5.45. The number of hydrogen-bond acceptors (Lipinski definition) is 5. The topological polar surface area (TPSA) is 79.9 Å². The van der Waals surface area contributed by atoms with Gasteiger partial charge >= 0.3 is 0 Å². The van der Waals surface area contributed by atoms with Gasteiger partial charge in [0.1, 0.15) is 17.6 Å². The summed E-state index contributed by atoms with van der Waals surface area (Å²) < 4.78 is 10.4. The molecule has 0 saturated heterocycles. The normalized spacial score (nSPS) is 11.4. The Labute approximate surface area is 156 Å². The molecular formula is C22H18O5. The van der Waals surface area contributed by atoms with Crippen LogP contribution in [0.1, 0.15) is 34.3 Å². The van der Waals surface area contributed by atoms with Gasteiger partial charge in [0.05, 0.1) is 7.11 Å². The van der Waals surface area contributed by atoms with Crippen molar-refractivity contribution in [2.45, 2.75) is 13.0 Å². The second kappa shape index (κ2) is 7.81. The van der Waals surface area contributed by atoms with Crippen LogP contribution in [0, 0.1) is 18.8 Å². The Morgan fingerprint density at radius 1 is 1.00 bits per heavy atom. The summed E-state index contributed by atoms with van der Waals surface area (Å²) >= 11 is 0. The molecule has 1 unspecified atom stereocenters. The second-order valence-corrected chi connectivity index (χ2v) is 5.94. The van der Waals surface area contributed by atoms with Crippen LogP contribution in [0.15, 0.2) is 63.8 Å². The molecular weight excluding hydrogens is 344 g/mol. The Balaban J connectivity index is 1.81. The zero-order valence-corrected chi connectivity index (χ0v) is 14.9. The molecule has 0 bridgehead atoms. The molecule has 2 aromatic carbocycles. The lowest BCUT2D eigenvalue weighted by Crippen LogP contribution is -2.08. The molecule has 0 aliphatic rings. The first-order valence-corrected chi connectivity index (χ1v) is 8.25. The number of aryl methyl sites for hydroxylation is 1. The molecule has 5 nitrogen and oxygen atoms in total. The van der Waals surface area contributed by atoms with Crippen molar-refractivity contribution in [1.29, 1.82) is 0 Å². The molecule has 5 heteroatoms. The van der Waals surface area contributed by atoms with Crippen LogP contribution in [0.5, 0.6) is 11.5 Å². The third-order valence-corrected chi connectivity index (χ3v) is 3.99. The summed E-state index contributed by atoms with van der Waals surface area (Å²) in [6.07, 6.45) is -1.25. The molecule has 0 saturated carbocycles. The molecule has 0 spiro atoms. The van der Waals surface area contributed by atoms with Crippen LogP contribution in [0.25, 0.3) is 0 Å². The zero-order valence-electron chi connectivity index (χ0n) is 14.9. The molecule has 1 aromatic heterocycles. The van der Waals surface area contributed by atoms with Gasteiger partial charge in [-0.15, -0.1) is 0 Å². The van der Waals surface area contributed by atoms with E-state index < -0.39 is 17.3 Å². The van der Waals surface area contributed by atoms with E-state index in [0.29, 0.717) is 11.3 Å². The number of benzene rings is 2. The van der Waals surface area contributed by atoms with E-state index in [1.807, 2.05) is 24.3 Å². The van der Waals surface area contributed by atoms with Crippen LogP contribution in [-0.2, 0) is 0 Å². The van der Waals surface area contributed by atoms with E-state index in [1.54, 1.807) is 38.3 Å². The summed E-state index contributed by atoms with van der Waals surface area (Å²) in [5.74, 6) is 6.41. The second-order valence-electron chi connectivity index (χ2n) is 5.94. The Hall–Kier alpha value is -3.49. The molecule has 136 valence electrons. The van der Waals surface area contributed by atoms with E-state index in [0.717, 1.165) is 16.9 Å². The van der Waals surface area contributed by atoms with E-state index in [9.17, 15) is 15.0 Å². The molecule has 0 radical (unpaired) electrons. The summed E-state index contributed by atoms with van der Waals surface area (Å²) in [6.45, 7) is 1.58. The Morgan fingerprint density at radius 3 is 2.11 bits per heavy atom. The highest BCUT2D eigenvalue weighted by atomic mass is 16.5. The largest absolute Gasteiger partial charge is 0.502 e. The van der Waals surface area contributed by atoms with E-state index in [2.05, 4.69) is 11.8 Å². The van der Waals surface area contributed by atoms with Crippen molar-refractivity contribution in [1.82, 2.24) is 0 Å². The average molecular weight is 362 g/mol.